The van der Waals surface area contributed by atoms with Crippen LogP contribution in [0.2, 0.25) is 0 Å². The normalized spacial score (nSPS) is 11.0. The summed E-state index contributed by atoms with van der Waals surface area (Å²) < 4.78 is 2.12. The molecule has 0 amide bonds. The highest BCUT2D eigenvalue weighted by Crippen LogP contribution is 2.26. The van der Waals surface area contributed by atoms with Gasteiger partial charge in [-0.3, -0.25) is 0 Å². The Bertz CT molecular complexity index is 1010. The van der Waals surface area contributed by atoms with Crippen molar-refractivity contribution in [2.24, 2.45) is 0 Å². The van der Waals surface area contributed by atoms with Crippen LogP contribution < -0.4 is 5.32 Å². The van der Waals surface area contributed by atoms with Crippen LogP contribution in [0.25, 0.3) is 16.9 Å². The first-order valence-electron chi connectivity index (χ1n) is 8.11. The standard InChI is InChI=1S/C19H18N6/c1-13-3-6-15(7-4-13)18-16(9-21-19-22-11-20-12-23-19)25-10-14(2)5-8-17(25)24-18/h3-8,10-12H,9H2,1-2H3,(H,20,21,22,23). The van der Waals surface area contributed by atoms with Gasteiger partial charge in [0.25, 0.3) is 0 Å². The number of benzene rings is 1. The van der Waals surface area contributed by atoms with E-state index in [0.29, 0.717) is 12.5 Å². The van der Waals surface area contributed by atoms with Gasteiger partial charge in [0.15, 0.2) is 0 Å². The number of nitrogens with one attached hydrogen (secondary N) is 1. The van der Waals surface area contributed by atoms with E-state index < -0.39 is 0 Å². The van der Waals surface area contributed by atoms with Crippen LogP contribution in [0.15, 0.2) is 55.2 Å². The molecule has 4 aromatic rings. The van der Waals surface area contributed by atoms with Gasteiger partial charge in [0.1, 0.15) is 18.3 Å². The van der Waals surface area contributed by atoms with E-state index in [-0.39, 0.29) is 0 Å². The molecule has 124 valence electrons. The van der Waals surface area contributed by atoms with Gasteiger partial charge in [-0.05, 0) is 25.5 Å². The Morgan fingerprint density at radius 3 is 2.40 bits per heavy atom. The van der Waals surface area contributed by atoms with Crippen molar-refractivity contribution in [3.63, 3.8) is 0 Å². The van der Waals surface area contributed by atoms with E-state index in [2.05, 4.69) is 75.0 Å². The molecule has 25 heavy (non-hydrogen) atoms. The first-order valence-corrected chi connectivity index (χ1v) is 8.11. The van der Waals surface area contributed by atoms with Gasteiger partial charge in [0.05, 0.1) is 17.9 Å². The Morgan fingerprint density at radius 1 is 0.920 bits per heavy atom. The molecule has 0 fully saturated rings. The zero-order valence-corrected chi connectivity index (χ0v) is 14.1. The zero-order chi connectivity index (χ0) is 17.2. The van der Waals surface area contributed by atoms with Crippen molar-refractivity contribution in [2.75, 3.05) is 5.32 Å². The molecule has 6 nitrogen and oxygen atoms in total. The maximum Gasteiger partial charge on any atom is 0.225 e. The van der Waals surface area contributed by atoms with Crippen molar-refractivity contribution in [3.8, 4) is 11.3 Å². The Labute approximate surface area is 145 Å². The van der Waals surface area contributed by atoms with Crippen LogP contribution in [-0.2, 0) is 6.54 Å². The van der Waals surface area contributed by atoms with Gasteiger partial charge in [-0.15, -0.1) is 0 Å². The summed E-state index contributed by atoms with van der Waals surface area (Å²) in [5.41, 5.74) is 6.47. The number of anilines is 1. The van der Waals surface area contributed by atoms with Gasteiger partial charge < -0.3 is 9.72 Å². The SMILES string of the molecule is Cc1ccc(-c2nc3ccc(C)cn3c2CNc2ncncn2)cc1. The Hall–Kier alpha value is -3.28. The molecule has 1 aromatic carbocycles. The first kappa shape index (κ1) is 15.3. The minimum atomic E-state index is 0.549. The number of rotatable bonds is 4. The fourth-order valence-corrected chi connectivity index (χ4v) is 2.80. The van der Waals surface area contributed by atoms with Crippen LogP contribution >= 0.6 is 0 Å². The number of hydrogen-bond donors (Lipinski definition) is 1. The molecule has 3 heterocycles. The van der Waals surface area contributed by atoms with Gasteiger partial charge in [-0.2, -0.15) is 0 Å². The lowest BCUT2D eigenvalue weighted by Crippen LogP contribution is -2.07. The molecule has 0 atom stereocenters. The van der Waals surface area contributed by atoms with Crippen molar-refractivity contribution < 1.29 is 0 Å². The second-order valence-corrected chi connectivity index (χ2v) is 6.02. The topological polar surface area (TPSA) is 68.0 Å². The van der Waals surface area contributed by atoms with E-state index in [9.17, 15) is 0 Å². The minimum absolute atomic E-state index is 0.549. The van der Waals surface area contributed by atoms with Gasteiger partial charge in [-0.1, -0.05) is 35.9 Å². The predicted molar refractivity (Wildman–Crippen MR) is 97.3 cm³/mol. The maximum absolute atomic E-state index is 4.84. The number of pyridine rings is 1. The summed E-state index contributed by atoms with van der Waals surface area (Å²) in [6, 6.07) is 12.5. The van der Waals surface area contributed by atoms with Gasteiger partial charge in [0, 0.05) is 11.8 Å². The monoisotopic (exact) mass is 330 g/mol. The van der Waals surface area contributed by atoms with E-state index in [0.717, 1.165) is 22.6 Å². The summed E-state index contributed by atoms with van der Waals surface area (Å²) in [6.07, 6.45) is 5.06. The predicted octanol–water partition coefficient (Wildman–Crippen LogP) is 3.42. The summed E-state index contributed by atoms with van der Waals surface area (Å²) in [6.45, 7) is 4.73. The van der Waals surface area contributed by atoms with E-state index in [1.165, 1.54) is 23.8 Å². The summed E-state index contributed by atoms with van der Waals surface area (Å²) in [4.78, 5) is 16.9. The van der Waals surface area contributed by atoms with Crippen molar-refractivity contribution in [1.29, 1.82) is 0 Å². The molecule has 3 aromatic heterocycles. The Balaban J connectivity index is 1.79. The Morgan fingerprint density at radius 2 is 1.64 bits per heavy atom. The van der Waals surface area contributed by atoms with Gasteiger partial charge >= 0.3 is 0 Å². The van der Waals surface area contributed by atoms with Crippen LogP contribution in [0, 0.1) is 13.8 Å². The second kappa shape index (κ2) is 6.32. The van der Waals surface area contributed by atoms with Crippen molar-refractivity contribution in [2.45, 2.75) is 20.4 Å². The molecule has 6 heteroatoms. The second-order valence-electron chi connectivity index (χ2n) is 6.02. The number of aromatic nitrogens is 5. The lowest BCUT2D eigenvalue weighted by atomic mass is 10.1. The summed E-state index contributed by atoms with van der Waals surface area (Å²) in [5.74, 6) is 0.549. The molecule has 0 aliphatic rings. The molecule has 1 N–H and O–H groups in total. The summed E-state index contributed by atoms with van der Waals surface area (Å²) in [7, 11) is 0. The third-order valence-corrected chi connectivity index (χ3v) is 4.10. The average Bonchev–Trinajstić information content (AvgIpc) is 2.99. The van der Waals surface area contributed by atoms with Crippen molar-refractivity contribution in [1.82, 2.24) is 24.3 Å². The molecule has 4 rings (SSSR count). The first-order chi connectivity index (χ1) is 12.2. The van der Waals surface area contributed by atoms with Crippen LogP contribution in [0.3, 0.4) is 0 Å². The highest BCUT2D eigenvalue weighted by atomic mass is 15.1. The lowest BCUT2D eigenvalue weighted by Gasteiger charge is -2.08. The number of nitrogens with zero attached hydrogens (tertiary/aromatic N) is 5. The largest absolute Gasteiger partial charge is 0.348 e. The lowest BCUT2D eigenvalue weighted by molar-refractivity contribution is 0.954. The minimum Gasteiger partial charge on any atom is -0.348 e. The molecule has 0 spiro atoms. The van der Waals surface area contributed by atoms with Crippen molar-refractivity contribution >= 4 is 11.6 Å². The average molecular weight is 330 g/mol. The molecule has 0 unspecified atom stereocenters. The Kier molecular flexibility index (Phi) is 3.85. The highest BCUT2D eigenvalue weighted by Gasteiger charge is 2.14. The summed E-state index contributed by atoms with van der Waals surface area (Å²) in [5, 5.41) is 3.26. The smallest absolute Gasteiger partial charge is 0.225 e. The van der Waals surface area contributed by atoms with Crippen molar-refractivity contribution in [3.05, 3.63) is 72.1 Å². The number of aryl methyl sites for hydroxylation is 2. The van der Waals surface area contributed by atoms with Gasteiger partial charge in [0.2, 0.25) is 5.95 Å². The zero-order valence-electron chi connectivity index (χ0n) is 14.1. The molecule has 0 saturated heterocycles. The van der Waals surface area contributed by atoms with E-state index >= 15 is 0 Å². The summed E-state index contributed by atoms with van der Waals surface area (Å²) >= 11 is 0. The fourth-order valence-electron chi connectivity index (χ4n) is 2.80. The molecule has 0 radical (unpaired) electrons. The molecule has 0 aliphatic carbocycles. The van der Waals surface area contributed by atoms with E-state index in [4.69, 9.17) is 4.98 Å². The van der Waals surface area contributed by atoms with Crippen LogP contribution in [0.1, 0.15) is 16.8 Å². The molecule has 0 aliphatic heterocycles. The number of imidazole rings is 1. The number of hydrogen-bond acceptors (Lipinski definition) is 5. The van der Waals surface area contributed by atoms with E-state index in [1.807, 2.05) is 6.07 Å². The quantitative estimate of drug-likeness (QED) is 0.621. The maximum atomic E-state index is 4.84. The number of fused-ring (bicyclic) bond motifs is 1. The molecule has 0 saturated carbocycles. The highest BCUT2D eigenvalue weighted by molar-refractivity contribution is 5.67. The van der Waals surface area contributed by atoms with Crippen LogP contribution in [0.5, 0.6) is 0 Å². The van der Waals surface area contributed by atoms with Crippen LogP contribution in [-0.4, -0.2) is 24.3 Å². The van der Waals surface area contributed by atoms with E-state index in [1.54, 1.807) is 0 Å². The van der Waals surface area contributed by atoms with Crippen LogP contribution in [0.4, 0.5) is 5.95 Å². The van der Waals surface area contributed by atoms with Gasteiger partial charge in [-0.25, -0.2) is 19.9 Å². The molecule has 0 bridgehead atoms. The third kappa shape index (κ3) is 3.06. The third-order valence-electron chi connectivity index (χ3n) is 4.10. The molecular formula is C19H18N6. The fraction of sp³-hybridized carbons (Fsp3) is 0.158. The molecular weight excluding hydrogens is 312 g/mol.